The summed E-state index contributed by atoms with van der Waals surface area (Å²) >= 11 is 0. The van der Waals surface area contributed by atoms with Gasteiger partial charge in [0.25, 0.3) is 0 Å². The molecular formula is C12H11N5O. The lowest BCUT2D eigenvalue weighted by molar-refractivity contribution is 0.801. The maximum absolute atomic E-state index is 11.8. The van der Waals surface area contributed by atoms with E-state index < -0.39 is 0 Å². The molecule has 0 aliphatic rings. The average molecular weight is 241 g/mol. The second-order valence-corrected chi connectivity index (χ2v) is 3.93. The Balaban J connectivity index is 2.01. The summed E-state index contributed by atoms with van der Waals surface area (Å²) in [5, 5.41) is 7.66. The van der Waals surface area contributed by atoms with Gasteiger partial charge in [0, 0.05) is 19.4 Å². The molecule has 2 heterocycles. The third-order valence-corrected chi connectivity index (χ3v) is 2.76. The number of imidazole rings is 1. The molecule has 3 aromatic rings. The molecule has 6 heteroatoms. The second kappa shape index (κ2) is 3.99. The molecule has 0 saturated carbocycles. The second-order valence-electron chi connectivity index (χ2n) is 3.93. The highest BCUT2D eigenvalue weighted by Crippen LogP contribution is 2.10. The van der Waals surface area contributed by atoms with E-state index in [0.29, 0.717) is 0 Å². The van der Waals surface area contributed by atoms with E-state index in [1.807, 2.05) is 24.3 Å². The van der Waals surface area contributed by atoms with E-state index in [-0.39, 0.29) is 5.69 Å². The van der Waals surface area contributed by atoms with Gasteiger partial charge in [0.2, 0.25) is 0 Å². The molecule has 0 saturated heterocycles. The van der Waals surface area contributed by atoms with Crippen molar-refractivity contribution in [1.82, 2.24) is 24.1 Å². The minimum atomic E-state index is -0.0662. The van der Waals surface area contributed by atoms with E-state index in [4.69, 9.17) is 0 Å². The van der Waals surface area contributed by atoms with Crippen LogP contribution in [0, 0.1) is 0 Å². The van der Waals surface area contributed by atoms with Gasteiger partial charge in [0.05, 0.1) is 23.8 Å². The normalized spacial score (nSPS) is 10.7. The molecule has 0 radical (unpaired) electrons. The van der Waals surface area contributed by atoms with Crippen molar-refractivity contribution in [2.75, 3.05) is 0 Å². The van der Waals surface area contributed by atoms with Crippen LogP contribution in [0.2, 0.25) is 0 Å². The highest BCUT2D eigenvalue weighted by molar-refractivity contribution is 5.40. The maximum Gasteiger partial charge on any atom is 0.332 e. The van der Waals surface area contributed by atoms with E-state index in [0.717, 1.165) is 11.4 Å². The molecule has 0 fully saturated rings. The van der Waals surface area contributed by atoms with E-state index >= 15 is 0 Å². The molecule has 0 spiro atoms. The highest BCUT2D eigenvalue weighted by atomic mass is 16.1. The third-order valence-electron chi connectivity index (χ3n) is 2.76. The van der Waals surface area contributed by atoms with Gasteiger partial charge in [-0.1, -0.05) is 5.21 Å². The fourth-order valence-corrected chi connectivity index (χ4v) is 1.77. The van der Waals surface area contributed by atoms with Crippen molar-refractivity contribution in [3.63, 3.8) is 0 Å². The molecular weight excluding hydrogens is 230 g/mol. The molecule has 0 aliphatic heterocycles. The van der Waals surface area contributed by atoms with Crippen molar-refractivity contribution in [2.45, 2.75) is 0 Å². The fourth-order valence-electron chi connectivity index (χ4n) is 1.77. The first-order valence-electron chi connectivity index (χ1n) is 5.47. The van der Waals surface area contributed by atoms with Gasteiger partial charge in [0.15, 0.2) is 0 Å². The van der Waals surface area contributed by atoms with Crippen LogP contribution >= 0.6 is 0 Å². The van der Waals surface area contributed by atoms with Gasteiger partial charge in [0.1, 0.15) is 0 Å². The zero-order chi connectivity index (χ0) is 12.5. The molecule has 90 valence electrons. The van der Waals surface area contributed by atoms with Crippen LogP contribution in [0.5, 0.6) is 0 Å². The minimum Gasteiger partial charge on any atom is -0.302 e. The molecule has 0 unspecified atom stereocenters. The van der Waals surface area contributed by atoms with Crippen LogP contribution in [0.15, 0.2) is 53.8 Å². The van der Waals surface area contributed by atoms with Crippen LogP contribution in [-0.2, 0) is 7.05 Å². The largest absolute Gasteiger partial charge is 0.332 e. The van der Waals surface area contributed by atoms with Crippen molar-refractivity contribution in [1.29, 1.82) is 0 Å². The SMILES string of the molecule is Cn1ccn(-c2ccc(-n3ccnn3)cc2)c1=O. The average Bonchev–Trinajstić information content (AvgIpc) is 3.02. The Morgan fingerprint density at radius 3 is 2.28 bits per heavy atom. The van der Waals surface area contributed by atoms with Crippen LogP contribution < -0.4 is 5.69 Å². The zero-order valence-electron chi connectivity index (χ0n) is 9.76. The molecule has 1 aromatic carbocycles. The van der Waals surface area contributed by atoms with Crippen LogP contribution in [-0.4, -0.2) is 24.1 Å². The lowest BCUT2D eigenvalue weighted by atomic mass is 10.3. The summed E-state index contributed by atoms with van der Waals surface area (Å²) in [4.78, 5) is 11.8. The van der Waals surface area contributed by atoms with Crippen molar-refractivity contribution in [3.05, 3.63) is 59.5 Å². The standard InChI is InChI=1S/C12H11N5O/c1-15-8-9-16(12(15)18)10-2-4-11(5-3-10)17-7-6-13-14-17/h2-9H,1H3. The summed E-state index contributed by atoms with van der Waals surface area (Å²) in [5.74, 6) is 0. The number of aromatic nitrogens is 5. The molecule has 0 bridgehead atoms. The third kappa shape index (κ3) is 1.64. The van der Waals surface area contributed by atoms with Gasteiger partial charge in [-0.15, -0.1) is 5.10 Å². The number of aryl methyl sites for hydroxylation is 1. The quantitative estimate of drug-likeness (QED) is 0.665. The van der Waals surface area contributed by atoms with Gasteiger partial charge in [-0.05, 0) is 24.3 Å². The number of nitrogens with zero attached hydrogens (tertiary/aromatic N) is 5. The van der Waals surface area contributed by atoms with Crippen LogP contribution in [0.3, 0.4) is 0 Å². The predicted octanol–water partition coefficient (Wildman–Crippen LogP) is 0.757. The highest BCUT2D eigenvalue weighted by Gasteiger charge is 2.03. The summed E-state index contributed by atoms with van der Waals surface area (Å²) in [6.45, 7) is 0. The maximum atomic E-state index is 11.8. The summed E-state index contributed by atoms with van der Waals surface area (Å²) in [5.41, 5.74) is 1.66. The Labute approximate surface area is 103 Å². The van der Waals surface area contributed by atoms with Gasteiger partial charge in [-0.25, -0.2) is 9.48 Å². The first-order valence-corrected chi connectivity index (χ1v) is 5.47. The molecule has 0 amide bonds. The molecule has 0 aliphatic carbocycles. The monoisotopic (exact) mass is 241 g/mol. The summed E-state index contributed by atoms with van der Waals surface area (Å²) < 4.78 is 4.79. The van der Waals surface area contributed by atoms with Crippen molar-refractivity contribution in [2.24, 2.45) is 7.05 Å². The molecule has 3 rings (SSSR count). The Hall–Kier alpha value is -2.63. The van der Waals surface area contributed by atoms with Crippen molar-refractivity contribution in [3.8, 4) is 11.4 Å². The van der Waals surface area contributed by atoms with E-state index in [1.165, 1.54) is 4.57 Å². The lowest BCUT2D eigenvalue weighted by Crippen LogP contribution is -2.20. The van der Waals surface area contributed by atoms with Crippen molar-refractivity contribution < 1.29 is 0 Å². The first kappa shape index (κ1) is 10.5. The molecule has 18 heavy (non-hydrogen) atoms. The molecule has 0 N–H and O–H groups in total. The Bertz CT molecular complexity index is 706. The Morgan fingerprint density at radius 2 is 1.72 bits per heavy atom. The van der Waals surface area contributed by atoms with Crippen LogP contribution in [0.25, 0.3) is 11.4 Å². The van der Waals surface area contributed by atoms with Gasteiger partial charge in [-0.2, -0.15) is 0 Å². The topological polar surface area (TPSA) is 57.6 Å². The van der Waals surface area contributed by atoms with Crippen molar-refractivity contribution >= 4 is 0 Å². The summed E-state index contributed by atoms with van der Waals surface area (Å²) in [6, 6.07) is 7.53. The smallest absolute Gasteiger partial charge is 0.302 e. The summed E-state index contributed by atoms with van der Waals surface area (Å²) in [6.07, 6.45) is 6.86. The molecule has 2 aromatic heterocycles. The van der Waals surface area contributed by atoms with Gasteiger partial charge in [-0.3, -0.25) is 4.57 Å². The fraction of sp³-hybridized carbons (Fsp3) is 0.0833. The van der Waals surface area contributed by atoms with E-state index in [2.05, 4.69) is 10.3 Å². The van der Waals surface area contributed by atoms with Crippen LogP contribution in [0.1, 0.15) is 0 Å². The van der Waals surface area contributed by atoms with E-state index in [1.54, 1.807) is 41.1 Å². The minimum absolute atomic E-state index is 0.0662. The Morgan fingerprint density at radius 1 is 1.00 bits per heavy atom. The number of rotatable bonds is 2. The summed E-state index contributed by atoms with van der Waals surface area (Å²) in [7, 11) is 1.72. The molecule has 6 nitrogen and oxygen atoms in total. The molecule has 0 atom stereocenters. The van der Waals surface area contributed by atoms with Crippen LogP contribution in [0.4, 0.5) is 0 Å². The Kier molecular flexibility index (Phi) is 2.33. The number of hydrogen-bond acceptors (Lipinski definition) is 3. The predicted molar refractivity (Wildman–Crippen MR) is 65.9 cm³/mol. The van der Waals surface area contributed by atoms with E-state index in [9.17, 15) is 4.79 Å². The number of hydrogen-bond donors (Lipinski definition) is 0. The number of benzene rings is 1. The zero-order valence-corrected chi connectivity index (χ0v) is 9.76. The lowest BCUT2D eigenvalue weighted by Gasteiger charge is -2.03. The van der Waals surface area contributed by atoms with Gasteiger partial charge >= 0.3 is 5.69 Å². The first-order chi connectivity index (χ1) is 8.75. The van der Waals surface area contributed by atoms with Gasteiger partial charge < -0.3 is 4.57 Å².